The number of benzene rings is 1. The van der Waals surface area contributed by atoms with Crippen LogP contribution in [0.2, 0.25) is 0 Å². The molecule has 120 valence electrons. The molecule has 0 atom stereocenters. The molecule has 4 rings (SSSR count). The molecule has 0 unspecified atom stereocenters. The second kappa shape index (κ2) is 5.77. The number of nitrogens with zero attached hydrogens (tertiary/aromatic N) is 4. The quantitative estimate of drug-likeness (QED) is 0.623. The summed E-state index contributed by atoms with van der Waals surface area (Å²) in [5.41, 5.74) is 2.00. The van der Waals surface area contributed by atoms with E-state index < -0.39 is 0 Å². The molecule has 0 aliphatic carbocycles. The molecular formula is C17H14FN5O. The van der Waals surface area contributed by atoms with Crippen LogP contribution in [-0.4, -0.2) is 19.7 Å². The van der Waals surface area contributed by atoms with Gasteiger partial charge < -0.3 is 9.73 Å². The normalized spacial score (nSPS) is 11.1. The number of rotatable bonds is 4. The van der Waals surface area contributed by atoms with Gasteiger partial charge in [-0.15, -0.1) is 0 Å². The Balaban J connectivity index is 1.77. The first-order valence-corrected chi connectivity index (χ1v) is 7.45. The van der Waals surface area contributed by atoms with Gasteiger partial charge in [0.2, 0.25) is 0 Å². The van der Waals surface area contributed by atoms with Gasteiger partial charge in [0, 0.05) is 0 Å². The lowest BCUT2D eigenvalue weighted by molar-refractivity contribution is 0.518. The molecule has 0 bridgehead atoms. The van der Waals surface area contributed by atoms with Crippen LogP contribution in [0.15, 0.2) is 53.4 Å². The molecule has 0 spiro atoms. The van der Waals surface area contributed by atoms with Crippen molar-refractivity contribution in [1.82, 2.24) is 19.7 Å². The molecule has 0 fully saturated rings. The van der Waals surface area contributed by atoms with E-state index in [-0.39, 0.29) is 5.82 Å². The van der Waals surface area contributed by atoms with Gasteiger partial charge >= 0.3 is 0 Å². The van der Waals surface area contributed by atoms with E-state index in [4.69, 9.17) is 4.42 Å². The van der Waals surface area contributed by atoms with Crippen LogP contribution in [0.25, 0.3) is 16.7 Å². The molecule has 4 aromatic rings. The van der Waals surface area contributed by atoms with Crippen LogP contribution < -0.4 is 5.32 Å². The summed E-state index contributed by atoms with van der Waals surface area (Å²) in [5.74, 6) is 1.15. The molecule has 3 heterocycles. The number of hydrogen-bond acceptors (Lipinski definition) is 5. The number of fused-ring (bicyclic) bond motifs is 1. The number of halogens is 1. The fraction of sp³-hybridized carbons (Fsp3) is 0.118. The van der Waals surface area contributed by atoms with Gasteiger partial charge in [0.1, 0.15) is 23.7 Å². The predicted octanol–water partition coefficient (Wildman–Crippen LogP) is 3.47. The zero-order valence-corrected chi connectivity index (χ0v) is 12.9. The maximum Gasteiger partial charge on any atom is 0.168 e. The van der Waals surface area contributed by atoms with Crippen molar-refractivity contribution in [3.63, 3.8) is 0 Å². The van der Waals surface area contributed by atoms with Crippen molar-refractivity contribution in [3.05, 3.63) is 66.3 Å². The average molecular weight is 323 g/mol. The molecule has 0 aliphatic heterocycles. The summed E-state index contributed by atoms with van der Waals surface area (Å²) in [5, 5.41) is 8.52. The molecule has 1 N–H and O–H groups in total. The number of furan rings is 1. The summed E-state index contributed by atoms with van der Waals surface area (Å²) in [7, 11) is 0. The highest BCUT2D eigenvalue weighted by Gasteiger charge is 2.15. The largest absolute Gasteiger partial charge is 0.467 e. The summed E-state index contributed by atoms with van der Waals surface area (Å²) in [6.45, 7) is 2.38. The second-order valence-electron chi connectivity index (χ2n) is 5.33. The van der Waals surface area contributed by atoms with Crippen LogP contribution in [0.5, 0.6) is 0 Å². The standard InChI is InChI=1S/C17H14FN5O/c1-11-15-16(19-9-14-6-3-7-24-14)20-10-21-17(15)23(22-11)13-5-2-4-12(18)8-13/h2-8,10H,9H2,1H3,(H,19,20,21). The molecule has 6 nitrogen and oxygen atoms in total. The zero-order valence-electron chi connectivity index (χ0n) is 12.9. The van der Waals surface area contributed by atoms with E-state index in [2.05, 4.69) is 20.4 Å². The van der Waals surface area contributed by atoms with Gasteiger partial charge in [-0.1, -0.05) is 6.07 Å². The van der Waals surface area contributed by atoms with Gasteiger partial charge in [-0.05, 0) is 37.3 Å². The van der Waals surface area contributed by atoms with Crippen molar-refractivity contribution in [2.45, 2.75) is 13.5 Å². The van der Waals surface area contributed by atoms with E-state index in [1.165, 1.54) is 18.5 Å². The Kier molecular flexibility index (Phi) is 3.45. The number of anilines is 1. The van der Waals surface area contributed by atoms with Crippen molar-refractivity contribution < 1.29 is 8.81 Å². The van der Waals surface area contributed by atoms with Crippen LogP contribution in [0.3, 0.4) is 0 Å². The lowest BCUT2D eigenvalue weighted by atomic mass is 10.3. The highest BCUT2D eigenvalue weighted by Crippen LogP contribution is 2.25. The first-order chi connectivity index (χ1) is 11.7. The molecule has 24 heavy (non-hydrogen) atoms. The Morgan fingerprint density at radius 2 is 2.12 bits per heavy atom. The monoisotopic (exact) mass is 323 g/mol. The maximum absolute atomic E-state index is 13.5. The van der Waals surface area contributed by atoms with Crippen molar-refractivity contribution in [1.29, 1.82) is 0 Å². The molecule has 0 amide bonds. The molecule has 1 aromatic carbocycles. The van der Waals surface area contributed by atoms with Gasteiger partial charge in [-0.2, -0.15) is 5.10 Å². The first kappa shape index (κ1) is 14.4. The van der Waals surface area contributed by atoms with Gasteiger partial charge in [-0.25, -0.2) is 19.0 Å². The number of hydrogen-bond donors (Lipinski definition) is 1. The third-order valence-corrected chi connectivity index (χ3v) is 3.70. The molecular weight excluding hydrogens is 309 g/mol. The minimum Gasteiger partial charge on any atom is -0.467 e. The first-order valence-electron chi connectivity index (χ1n) is 7.45. The smallest absolute Gasteiger partial charge is 0.168 e. The SMILES string of the molecule is Cc1nn(-c2cccc(F)c2)c2ncnc(NCc3ccco3)c12. The average Bonchev–Trinajstić information content (AvgIpc) is 3.21. The summed E-state index contributed by atoms with van der Waals surface area (Å²) in [6, 6.07) is 9.96. The molecule has 0 saturated heterocycles. The molecule has 0 radical (unpaired) electrons. The molecule has 7 heteroatoms. The van der Waals surface area contributed by atoms with Gasteiger partial charge in [0.25, 0.3) is 0 Å². The predicted molar refractivity (Wildman–Crippen MR) is 87.4 cm³/mol. The van der Waals surface area contributed by atoms with Crippen LogP contribution in [0.4, 0.5) is 10.2 Å². The molecule has 0 saturated carbocycles. The minimum absolute atomic E-state index is 0.320. The number of aromatic nitrogens is 4. The number of nitrogens with one attached hydrogen (secondary N) is 1. The van der Waals surface area contributed by atoms with E-state index in [0.29, 0.717) is 23.7 Å². The summed E-state index contributed by atoms with van der Waals surface area (Å²) < 4.78 is 20.5. The highest BCUT2D eigenvalue weighted by molar-refractivity contribution is 5.90. The van der Waals surface area contributed by atoms with Crippen molar-refractivity contribution in [3.8, 4) is 5.69 Å². The second-order valence-corrected chi connectivity index (χ2v) is 5.33. The lowest BCUT2D eigenvalue weighted by Crippen LogP contribution is -2.02. The Morgan fingerprint density at radius 1 is 1.21 bits per heavy atom. The Labute approximate surface area is 137 Å². The summed E-state index contributed by atoms with van der Waals surface area (Å²) in [6.07, 6.45) is 3.09. The third-order valence-electron chi connectivity index (χ3n) is 3.70. The van der Waals surface area contributed by atoms with Crippen LogP contribution >= 0.6 is 0 Å². The van der Waals surface area contributed by atoms with Crippen molar-refractivity contribution >= 4 is 16.9 Å². The van der Waals surface area contributed by atoms with Crippen molar-refractivity contribution in [2.24, 2.45) is 0 Å². The maximum atomic E-state index is 13.5. The van der Waals surface area contributed by atoms with Crippen LogP contribution in [-0.2, 0) is 6.54 Å². The zero-order chi connectivity index (χ0) is 16.5. The Bertz CT molecular complexity index is 994. The van der Waals surface area contributed by atoms with E-state index in [1.54, 1.807) is 23.1 Å². The van der Waals surface area contributed by atoms with E-state index in [0.717, 1.165) is 16.8 Å². The van der Waals surface area contributed by atoms with E-state index >= 15 is 0 Å². The van der Waals surface area contributed by atoms with Gasteiger partial charge in [-0.3, -0.25) is 0 Å². The third kappa shape index (κ3) is 2.50. The van der Waals surface area contributed by atoms with Crippen LogP contribution in [0.1, 0.15) is 11.5 Å². The number of aryl methyl sites for hydroxylation is 1. The van der Waals surface area contributed by atoms with Gasteiger partial charge in [0.15, 0.2) is 5.65 Å². The summed E-state index contributed by atoms with van der Waals surface area (Å²) >= 11 is 0. The van der Waals surface area contributed by atoms with E-state index in [9.17, 15) is 4.39 Å². The summed E-state index contributed by atoms with van der Waals surface area (Å²) in [4.78, 5) is 8.62. The Hall–Kier alpha value is -3.22. The lowest BCUT2D eigenvalue weighted by Gasteiger charge is -2.06. The van der Waals surface area contributed by atoms with E-state index in [1.807, 2.05) is 19.1 Å². The molecule has 0 aliphatic rings. The molecule has 3 aromatic heterocycles. The minimum atomic E-state index is -0.320. The fourth-order valence-corrected chi connectivity index (χ4v) is 2.62. The topological polar surface area (TPSA) is 68.8 Å². The van der Waals surface area contributed by atoms with Gasteiger partial charge in [0.05, 0.1) is 29.6 Å². The van der Waals surface area contributed by atoms with Crippen LogP contribution in [0, 0.1) is 12.7 Å². The fourth-order valence-electron chi connectivity index (χ4n) is 2.62. The highest BCUT2D eigenvalue weighted by atomic mass is 19.1. The Morgan fingerprint density at radius 3 is 2.92 bits per heavy atom. The van der Waals surface area contributed by atoms with Crippen molar-refractivity contribution in [2.75, 3.05) is 5.32 Å².